The average Bonchev–Trinajstić information content (AvgIpc) is 2.54. The highest BCUT2D eigenvalue weighted by Gasteiger charge is 2.18. The molecule has 0 aliphatic rings. The largest absolute Gasteiger partial charge is 0.483 e. The van der Waals surface area contributed by atoms with E-state index in [-0.39, 0.29) is 23.9 Å². The fourth-order valence-corrected chi connectivity index (χ4v) is 1.84. The van der Waals surface area contributed by atoms with Crippen LogP contribution >= 0.6 is 0 Å². The lowest BCUT2D eigenvalue weighted by atomic mass is 10.2. The summed E-state index contributed by atoms with van der Waals surface area (Å²) in [5, 5.41) is 0. The fourth-order valence-electron chi connectivity index (χ4n) is 1.84. The highest BCUT2D eigenvalue weighted by atomic mass is 16.5. The molecule has 1 aromatic carbocycles. The molecule has 22 heavy (non-hydrogen) atoms. The minimum atomic E-state index is -0.590. The maximum atomic E-state index is 11.8. The number of methoxy groups -OCH3 is 1. The van der Waals surface area contributed by atoms with Gasteiger partial charge in [-0.3, -0.25) is 0 Å². The van der Waals surface area contributed by atoms with Crippen molar-refractivity contribution in [3.8, 4) is 11.6 Å². The molecule has 0 saturated heterocycles. The van der Waals surface area contributed by atoms with Crippen LogP contribution in [0.3, 0.4) is 0 Å². The Hall–Kier alpha value is -2.76. The maximum absolute atomic E-state index is 11.8. The number of esters is 1. The van der Waals surface area contributed by atoms with Crippen LogP contribution in [0.15, 0.2) is 36.4 Å². The van der Waals surface area contributed by atoms with Crippen molar-refractivity contribution < 1.29 is 19.0 Å². The summed E-state index contributed by atoms with van der Waals surface area (Å²) in [4.78, 5) is 15.8. The number of benzene rings is 1. The van der Waals surface area contributed by atoms with Gasteiger partial charge in [-0.15, -0.1) is 0 Å². The molecule has 0 radical (unpaired) electrons. The Kier molecular flexibility index (Phi) is 5.19. The number of carbonyl (C=O) groups excluding carboxylic acids is 1. The van der Waals surface area contributed by atoms with E-state index in [0.29, 0.717) is 12.4 Å². The van der Waals surface area contributed by atoms with Gasteiger partial charge in [0.15, 0.2) is 11.4 Å². The number of hydrogen-bond donors (Lipinski definition) is 1. The van der Waals surface area contributed by atoms with Gasteiger partial charge < -0.3 is 19.9 Å². The zero-order valence-electron chi connectivity index (χ0n) is 12.5. The number of ether oxygens (including phenoxy) is 3. The topological polar surface area (TPSA) is 83.7 Å². The van der Waals surface area contributed by atoms with Gasteiger partial charge in [-0.2, -0.15) is 0 Å². The summed E-state index contributed by atoms with van der Waals surface area (Å²) in [5.41, 5.74) is 7.05. The van der Waals surface area contributed by atoms with Crippen LogP contribution in [0.25, 0.3) is 0 Å². The number of pyridine rings is 1. The smallest absolute Gasteiger partial charge is 0.359 e. The lowest BCUT2D eigenvalue weighted by Crippen LogP contribution is -2.12. The average molecular weight is 302 g/mol. The third-order valence-electron chi connectivity index (χ3n) is 2.88. The SMILES string of the molecule is CCOC(=O)c1nc(OC)c(OCc2ccccc2)cc1N. The Bertz CT molecular complexity index is 644. The monoisotopic (exact) mass is 302 g/mol. The normalized spacial score (nSPS) is 10.1. The molecule has 0 aliphatic heterocycles. The van der Waals surface area contributed by atoms with Crippen molar-refractivity contribution in [3.63, 3.8) is 0 Å². The summed E-state index contributed by atoms with van der Waals surface area (Å²) >= 11 is 0. The van der Waals surface area contributed by atoms with Crippen LogP contribution in [0.1, 0.15) is 23.0 Å². The molecule has 0 fully saturated rings. The number of carbonyl (C=O) groups is 1. The first-order valence-corrected chi connectivity index (χ1v) is 6.84. The number of aromatic nitrogens is 1. The van der Waals surface area contributed by atoms with Gasteiger partial charge in [-0.1, -0.05) is 30.3 Å². The number of nitrogen functional groups attached to an aromatic ring is 1. The Balaban J connectivity index is 2.21. The van der Waals surface area contributed by atoms with Crippen LogP contribution < -0.4 is 15.2 Å². The Labute approximate surface area is 128 Å². The number of rotatable bonds is 6. The Morgan fingerprint density at radius 3 is 2.64 bits per heavy atom. The van der Waals surface area contributed by atoms with Crippen molar-refractivity contribution >= 4 is 11.7 Å². The molecule has 6 heteroatoms. The molecule has 0 unspecified atom stereocenters. The van der Waals surface area contributed by atoms with Crippen molar-refractivity contribution in [3.05, 3.63) is 47.7 Å². The quantitative estimate of drug-likeness (QED) is 0.825. The number of nitrogens with zero attached hydrogens (tertiary/aromatic N) is 1. The molecule has 0 atom stereocenters. The Morgan fingerprint density at radius 2 is 2.00 bits per heavy atom. The van der Waals surface area contributed by atoms with Crippen molar-refractivity contribution in [2.45, 2.75) is 13.5 Å². The highest BCUT2D eigenvalue weighted by molar-refractivity contribution is 5.93. The molecule has 0 amide bonds. The van der Waals surface area contributed by atoms with Crippen molar-refractivity contribution in [1.29, 1.82) is 0 Å². The van der Waals surface area contributed by atoms with Crippen LogP contribution in [0.4, 0.5) is 5.69 Å². The molecule has 116 valence electrons. The van der Waals surface area contributed by atoms with Crippen molar-refractivity contribution in [2.75, 3.05) is 19.5 Å². The van der Waals surface area contributed by atoms with E-state index in [1.807, 2.05) is 30.3 Å². The predicted octanol–water partition coefficient (Wildman–Crippen LogP) is 2.43. The second-order valence-corrected chi connectivity index (χ2v) is 4.43. The lowest BCUT2D eigenvalue weighted by Gasteiger charge is -2.12. The minimum absolute atomic E-state index is 0.0192. The predicted molar refractivity (Wildman–Crippen MR) is 81.9 cm³/mol. The Morgan fingerprint density at radius 1 is 1.27 bits per heavy atom. The molecule has 6 nitrogen and oxygen atoms in total. The molecular formula is C16H18N2O4. The van der Waals surface area contributed by atoms with E-state index in [0.717, 1.165) is 5.56 Å². The van der Waals surface area contributed by atoms with Gasteiger partial charge in [-0.05, 0) is 12.5 Å². The highest BCUT2D eigenvalue weighted by Crippen LogP contribution is 2.29. The third kappa shape index (κ3) is 3.66. The molecule has 0 aliphatic carbocycles. The van der Waals surface area contributed by atoms with Gasteiger partial charge >= 0.3 is 5.97 Å². The van der Waals surface area contributed by atoms with Crippen molar-refractivity contribution in [2.24, 2.45) is 0 Å². The summed E-state index contributed by atoms with van der Waals surface area (Å²) in [6.07, 6.45) is 0. The zero-order chi connectivity index (χ0) is 15.9. The van der Waals surface area contributed by atoms with Gasteiger partial charge in [-0.25, -0.2) is 9.78 Å². The molecule has 1 heterocycles. The van der Waals surface area contributed by atoms with Crippen molar-refractivity contribution in [1.82, 2.24) is 4.98 Å². The number of hydrogen-bond acceptors (Lipinski definition) is 6. The first-order valence-electron chi connectivity index (χ1n) is 6.84. The van der Waals surface area contributed by atoms with E-state index in [9.17, 15) is 4.79 Å². The van der Waals surface area contributed by atoms with E-state index < -0.39 is 5.97 Å². The third-order valence-corrected chi connectivity index (χ3v) is 2.88. The molecule has 1 aromatic heterocycles. The van der Waals surface area contributed by atoms with Crippen LogP contribution in [0.2, 0.25) is 0 Å². The van der Waals surface area contributed by atoms with Crippen LogP contribution in [0.5, 0.6) is 11.6 Å². The van der Waals surface area contributed by atoms with E-state index in [2.05, 4.69) is 4.98 Å². The van der Waals surface area contributed by atoms with E-state index >= 15 is 0 Å². The summed E-state index contributed by atoms with van der Waals surface area (Å²) in [7, 11) is 1.45. The second-order valence-electron chi connectivity index (χ2n) is 4.43. The van der Waals surface area contributed by atoms with Gasteiger partial charge in [0.25, 0.3) is 5.88 Å². The van der Waals surface area contributed by atoms with Gasteiger partial charge in [0.2, 0.25) is 0 Å². The maximum Gasteiger partial charge on any atom is 0.359 e. The minimum Gasteiger partial charge on any atom is -0.483 e. The van der Waals surface area contributed by atoms with Gasteiger partial charge in [0.1, 0.15) is 6.61 Å². The van der Waals surface area contributed by atoms with Crippen LogP contribution in [0, 0.1) is 0 Å². The first-order chi connectivity index (χ1) is 10.7. The fraction of sp³-hybridized carbons (Fsp3) is 0.250. The number of nitrogens with two attached hydrogens (primary N) is 1. The van der Waals surface area contributed by atoms with Crippen LogP contribution in [-0.2, 0) is 11.3 Å². The summed E-state index contributed by atoms with van der Waals surface area (Å²) in [6.45, 7) is 2.30. The molecule has 0 saturated carbocycles. The first kappa shape index (κ1) is 15.6. The summed E-state index contributed by atoms with van der Waals surface area (Å²) in [5.74, 6) is -0.0296. The lowest BCUT2D eigenvalue weighted by molar-refractivity contribution is 0.0519. The van der Waals surface area contributed by atoms with E-state index in [4.69, 9.17) is 19.9 Å². The number of anilines is 1. The van der Waals surface area contributed by atoms with Crippen LogP contribution in [-0.4, -0.2) is 24.7 Å². The molecule has 0 spiro atoms. The molecule has 0 bridgehead atoms. The zero-order valence-corrected chi connectivity index (χ0v) is 12.5. The van der Waals surface area contributed by atoms with Gasteiger partial charge in [0, 0.05) is 6.07 Å². The summed E-state index contributed by atoms with van der Waals surface area (Å²) in [6, 6.07) is 11.2. The van der Waals surface area contributed by atoms with E-state index in [1.54, 1.807) is 6.92 Å². The standard InChI is InChI=1S/C16H18N2O4/c1-3-21-16(19)14-12(17)9-13(15(18-14)20-2)22-10-11-7-5-4-6-8-11/h4-9H,3,10,17H2,1-2H3. The molecule has 2 rings (SSSR count). The molecule has 2 N–H and O–H groups in total. The van der Waals surface area contributed by atoms with E-state index in [1.165, 1.54) is 13.2 Å². The van der Waals surface area contributed by atoms with Gasteiger partial charge in [0.05, 0.1) is 19.4 Å². The molecule has 2 aromatic rings. The summed E-state index contributed by atoms with van der Waals surface area (Å²) < 4.78 is 15.7. The second kappa shape index (κ2) is 7.31. The molecular weight excluding hydrogens is 284 g/mol.